The summed E-state index contributed by atoms with van der Waals surface area (Å²) in [5.41, 5.74) is 11.4. The van der Waals surface area contributed by atoms with E-state index in [4.69, 9.17) is 11.5 Å². The zero-order valence-electron chi connectivity index (χ0n) is 8.89. The van der Waals surface area contributed by atoms with E-state index in [-0.39, 0.29) is 24.7 Å². The first kappa shape index (κ1) is 11.8. The molecular weight excluding hydrogens is 288 g/mol. The van der Waals surface area contributed by atoms with Gasteiger partial charge in [-0.05, 0) is 22.0 Å². The molecule has 2 amide bonds. The summed E-state index contributed by atoms with van der Waals surface area (Å²) in [7, 11) is 0. The first-order valence-corrected chi connectivity index (χ1v) is 5.79. The van der Waals surface area contributed by atoms with Gasteiger partial charge in [0.2, 0.25) is 11.8 Å². The van der Waals surface area contributed by atoms with Gasteiger partial charge in [0, 0.05) is 23.6 Å². The number of halogens is 1. The molecule has 1 unspecified atom stereocenters. The lowest BCUT2D eigenvalue weighted by Crippen LogP contribution is -2.29. The summed E-state index contributed by atoms with van der Waals surface area (Å²) in [5.74, 6) is -0.838. The first-order valence-electron chi connectivity index (χ1n) is 4.99. The summed E-state index contributed by atoms with van der Waals surface area (Å²) in [6, 6.07) is 1.70. The lowest BCUT2D eigenvalue weighted by Gasteiger charge is -2.17. The molecule has 1 aliphatic heterocycles. The van der Waals surface area contributed by atoms with Crippen LogP contribution in [-0.2, 0) is 9.59 Å². The Balaban J connectivity index is 2.32. The SMILES string of the molecule is NC(=O)C1CC(=O)N(c2cc(Br)cnc2N)C1. The molecule has 1 atom stereocenters. The van der Waals surface area contributed by atoms with Crippen molar-refractivity contribution in [2.24, 2.45) is 11.7 Å². The summed E-state index contributed by atoms with van der Waals surface area (Å²) in [6.45, 7) is 0.260. The fourth-order valence-electron chi connectivity index (χ4n) is 1.79. The number of pyridine rings is 1. The zero-order chi connectivity index (χ0) is 12.6. The largest absolute Gasteiger partial charge is 0.382 e. The summed E-state index contributed by atoms with van der Waals surface area (Å²) in [6.07, 6.45) is 1.67. The van der Waals surface area contributed by atoms with Crippen LogP contribution in [0.3, 0.4) is 0 Å². The lowest BCUT2D eigenvalue weighted by molar-refractivity contribution is -0.123. The Morgan fingerprint density at radius 2 is 2.29 bits per heavy atom. The van der Waals surface area contributed by atoms with Gasteiger partial charge in [-0.3, -0.25) is 9.59 Å². The zero-order valence-corrected chi connectivity index (χ0v) is 10.5. The maximum absolute atomic E-state index is 11.8. The molecule has 1 aromatic rings. The number of nitrogens with zero attached hydrogens (tertiary/aromatic N) is 2. The monoisotopic (exact) mass is 298 g/mol. The van der Waals surface area contributed by atoms with Crippen LogP contribution in [0.25, 0.3) is 0 Å². The molecule has 4 N–H and O–H groups in total. The van der Waals surface area contributed by atoms with Crippen LogP contribution in [-0.4, -0.2) is 23.3 Å². The van der Waals surface area contributed by atoms with Crippen LogP contribution in [0.4, 0.5) is 11.5 Å². The predicted octanol–water partition coefficient (Wildman–Crippen LogP) is 0.264. The number of rotatable bonds is 2. The molecule has 17 heavy (non-hydrogen) atoms. The number of hydrogen-bond acceptors (Lipinski definition) is 4. The Bertz CT molecular complexity index is 491. The van der Waals surface area contributed by atoms with Gasteiger partial charge in [-0.1, -0.05) is 0 Å². The Hall–Kier alpha value is -1.63. The fourth-order valence-corrected chi connectivity index (χ4v) is 2.11. The number of carbonyl (C=O) groups is 2. The second kappa shape index (κ2) is 4.33. The molecule has 0 bridgehead atoms. The van der Waals surface area contributed by atoms with Crippen LogP contribution >= 0.6 is 15.9 Å². The second-order valence-electron chi connectivity index (χ2n) is 3.87. The van der Waals surface area contributed by atoms with Gasteiger partial charge in [0.15, 0.2) is 0 Å². The fraction of sp³-hybridized carbons (Fsp3) is 0.300. The standard InChI is InChI=1S/C10H11BrN4O2/c11-6-2-7(9(12)14-3-6)15-4-5(10(13)17)1-8(15)16/h2-3,5H,1,4H2,(H2,12,14)(H2,13,17). The number of aromatic nitrogens is 1. The van der Waals surface area contributed by atoms with Crippen molar-refractivity contribution in [1.82, 2.24) is 4.98 Å². The van der Waals surface area contributed by atoms with Crippen LogP contribution in [0.1, 0.15) is 6.42 Å². The molecular formula is C10H11BrN4O2. The van der Waals surface area contributed by atoms with Crippen molar-refractivity contribution in [2.45, 2.75) is 6.42 Å². The van der Waals surface area contributed by atoms with Crippen molar-refractivity contribution in [2.75, 3.05) is 17.2 Å². The Labute approximate surface area is 106 Å². The van der Waals surface area contributed by atoms with E-state index >= 15 is 0 Å². The molecule has 1 saturated heterocycles. The average molecular weight is 299 g/mol. The molecule has 0 radical (unpaired) electrons. The van der Waals surface area contributed by atoms with Gasteiger partial charge in [-0.2, -0.15) is 0 Å². The van der Waals surface area contributed by atoms with Crippen LogP contribution < -0.4 is 16.4 Å². The van der Waals surface area contributed by atoms with E-state index in [0.717, 1.165) is 4.47 Å². The smallest absolute Gasteiger partial charge is 0.227 e. The highest BCUT2D eigenvalue weighted by atomic mass is 79.9. The average Bonchev–Trinajstić information content (AvgIpc) is 2.64. The molecule has 1 aromatic heterocycles. The van der Waals surface area contributed by atoms with E-state index in [9.17, 15) is 9.59 Å². The molecule has 0 saturated carbocycles. The van der Waals surface area contributed by atoms with Gasteiger partial charge in [-0.25, -0.2) is 4.98 Å². The summed E-state index contributed by atoms with van der Waals surface area (Å²) >= 11 is 3.26. The first-order chi connectivity index (χ1) is 7.99. The number of hydrogen-bond donors (Lipinski definition) is 2. The molecule has 1 fully saturated rings. The third-order valence-corrected chi connectivity index (χ3v) is 3.12. The minimum absolute atomic E-state index is 0.126. The van der Waals surface area contributed by atoms with Crippen molar-refractivity contribution in [3.8, 4) is 0 Å². The number of amides is 2. The predicted molar refractivity (Wildman–Crippen MR) is 66.0 cm³/mol. The van der Waals surface area contributed by atoms with Crippen molar-refractivity contribution >= 4 is 39.2 Å². The number of anilines is 2. The van der Waals surface area contributed by atoms with Crippen LogP contribution in [0.2, 0.25) is 0 Å². The molecule has 0 spiro atoms. The van der Waals surface area contributed by atoms with E-state index < -0.39 is 11.8 Å². The number of primary amides is 1. The van der Waals surface area contributed by atoms with Gasteiger partial charge < -0.3 is 16.4 Å². The van der Waals surface area contributed by atoms with Crippen molar-refractivity contribution < 1.29 is 9.59 Å². The van der Waals surface area contributed by atoms with Gasteiger partial charge in [-0.15, -0.1) is 0 Å². The molecule has 1 aliphatic rings. The lowest BCUT2D eigenvalue weighted by atomic mass is 10.1. The van der Waals surface area contributed by atoms with Crippen LogP contribution in [0.15, 0.2) is 16.7 Å². The minimum atomic E-state index is -0.470. The van der Waals surface area contributed by atoms with Crippen molar-refractivity contribution in [3.63, 3.8) is 0 Å². The summed E-state index contributed by atoms with van der Waals surface area (Å²) in [4.78, 5) is 28.2. The maximum Gasteiger partial charge on any atom is 0.227 e. The molecule has 2 rings (SSSR count). The minimum Gasteiger partial charge on any atom is -0.382 e. The van der Waals surface area contributed by atoms with Gasteiger partial charge >= 0.3 is 0 Å². The van der Waals surface area contributed by atoms with Crippen LogP contribution in [0.5, 0.6) is 0 Å². The van der Waals surface area contributed by atoms with Crippen LogP contribution in [0, 0.1) is 5.92 Å². The highest BCUT2D eigenvalue weighted by Gasteiger charge is 2.34. The third-order valence-electron chi connectivity index (χ3n) is 2.68. The highest BCUT2D eigenvalue weighted by Crippen LogP contribution is 2.30. The number of nitrogens with two attached hydrogens (primary N) is 2. The quantitative estimate of drug-likeness (QED) is 0.818. The summed E-state index contributed by atoms with van der Waals surface area (Å²) in [5, 5.41) is 0. The third kappa shape index (κ3) is 2.23. The van der Waals surface area contributed by atoms with E-state index in [1.54, 1.807) is 12.3 Å². The Morgan fingerprint density at radius 3 is 2.88 bits per heavy atom. The number of carbonyl (C=O) groups excluding carboxylic acids is 2. The van der Waals surface area contributed by atoms with E-state index in [0.29, 0.717) is 5.69 Å². The Morgan fingerprint density at radius 1 is 1.59 bits per heavy atom. The second-order valence-corrected chi connectivity index (χ2v) is 4.78. The molecule has 2 heterocycles. The molecule has 7 heteroatoms. The van der Waals surface area contributed by atoms with Gasteiger partial charge in [0.25, 0.3) is 0 Å². The van der Waals surface area contributed by atoms with Gasteiger partial charge in [0.05, 0.1) is 11.6 Å². The van der Waals surface area contributed by atoms with E-state index in [1.807, 2.05) is 0 Å². The Kier molecular flexibility index (Phi) is 3.01. The van der Waals surface area contributed by atoms with E-state index in [2.05, 4.69) is 20.9 Å². The molecule has 0 aromatic carbocycles. The molecule has 0 aliphatic carbocycles. The summed E-state index contributed by atoms with van der Waals surface area (Å²) < 4.78 is 0.719. The van der Waals surface area contributed by atoms with E-state index in [1.165, 1.54) is 4.90 Å². The highest BCUT2D eigenvalue weighted by molar-refractivity contribution is 9.10. The van der Waals surface area contributed by atoms with Gasteiger partial charge in [0.1, 0.15) is 5.82 Å². The van der Waals surface area contributed by atoms with Crippen molar-refractivity contribution in [3.05, 3.63) is 16.7 Å². The van der Waals surface area contributed by atoms with Crippen molar-refractivity contribution in [1.29, 1.82) is 0 Å². The molecule has 90 valence electrons. The topological polar surface area (TPSA) is 102 Å². The maximum atomic E-state index is 11.8. The normalized spacial score (nSPS) is 19.7. The number of nitrogen functional groups attached to an aromatic ring is 1. The molecule has 6 nitrogen and oxygen atoms in total.